The lowest BCUT2D eigenvalue weighted by Gasteiger charge is -2.14. The van der Waals surface area contributed by atoms with Gasteiger partial charge in [-0.2, -0.15) is 0 Å². The molecule has 0 fully saturated rings. The summed E-state index contributed by atoms with van der Waals surface area (Å²) in [5, 5.41) is 6.16. The molecule has 0 spiro atoms. The molecule has 0 saturated carbocycles. The molecule has 2 aromatic carbocycles. The third-order valence-electron chi connectivity index (χ3n) is 3.37. The van der Waals surface area contributed by atoms with Gasteiger partial charge in [0, 0.05) is 35.8 Å². The number of hydrogen-bond donors (Lipinski definition) is 6. The van der Waals surface area contributed by atoms with E-state index in [1.54, 1.807) is 36.4 Å². The standard InChI is InChI=1S/C16H20N6O2/c17-9-1-3-11(15(19)23)13(7-9)21-5-6-22-14-8-10(18)2-4-12(14)16(20)24/h1-4,7-8,21-22H,5-6,17-18H2,(H2,19,23)(H2,20,24). The van der Waals surface area contributed by atoms with Crippen molar-refractivity contribution in [1.82, 2.24) is 0 Å². The summed E-state index contributed by atoms with van der Waals surface area (Å²) >= 11 is 0. The van der Waals surface area contributed by atoms with Crippen LogP contribution >= 0.6 is 0 Å². The fraction of sp³-hybridized carbons (Fsp3) is 0.125. The van der Waals surface area contributed by atoms with E-state index >= 15 is 0 Å². The molecule has 0 aromatic heterocycles. The van der Waals surface area contributed by atoms with E-state index in [0.29, 0.717) is 47.0 Å². The van der Waals surface area contributed by atoms with Gasteiger partial charge in [-0.05, 0) is 36.4 Å². The zero-order chi connectivity index (χ0) is 17.7. The molecule has 0 unspecified atom stereocenters. The lowest BCUT2D eigenvalue weighted by Crippen LogP contribution is -2.20. The molecule has 0 aliphatic rings. The minimum Gasteiger partial charge on any atom is -0.399 e. The summed E-state index contributed by atoms with van der Waals surface area (Å²) in [6.45, 7) is 0.910. The van der Waals surface area contributed by atoms with E-state index in [1.807, 2.05) is 0 Å². The SMILES string of the molecule is NC(=O)c1ccc(N)cc1NCCNc1cc(N)ccc1C(N)=O. The molecule has 8 heteroatoms. The molecule has 0 aliphatic heterocycles. The van der Waals surface area contributed by atoms with Gasteiger partial charge in [0.1, 0.15) is 0 Å². The first-order valence-corrected chi connectivity index (χ1v) is 7.25. The van der Waals surface area contributed by atoms with E-state index in [4.69, 9.17) is 22.9 Å². The summed E-state index contributed by atoms with van der Waals surface area (Å²) in [5.74, 6) is -1.09. The van der Waals surface area contributed by atoms with Crippen molar-refractivity contribution in [2.24, 2.45) is 11.5 Å². The van der Waals surface area contributed by atoms with Crippen LogP contribution in [0, 0.1) is 0 Å². The predicted molar refractivity (Wildman–Crippen MR) is 95.7 cm³/mol. The zero-order valence-electron chi connectivity index (χ0n) is 13.0. The van der Waals surface area contributed by atoms with Gasteiger partial charge in [0.15, 0.2) is 0 Å². The summed E-state index contributed by atoms with van der Waals surface area (Å²) in [6.07, 6.45) is 0. The minimum atomic E-state index is -0.544. The van der Waals surface area contributed by atoms with Crippen LogP contribution in [0.5, 0.6) is 0 Å². The van der Waals surface area contributed by atoms with Crippen LogP contribution in [-0.4, -0.2) is 24.9 Å². The molecule has 2 rings (SSSR count). The largest absolute Gasteiger partial charge is 0.399 e. The van der Waals surface area contributed by atoms with Crippen LogP contribution in [0.2, 0.25) is 0 Å². The normalized spacial score (nSPS) is 10.2. The van der Waals surface area contributed by atoms with Crippen LogP contribution < -0.4 is 33.6 Å². The molecule has 126 valence electrons. The van der Waals surface area contributed by atoms with Gasteiger partial charge in [0.2, 0.25) is 0 Å². The summed E-state index contributed by atoms with van der Waals surface area (Å²) in [6, 6.07) is 9.61. The lowest BCUT2D eigenvalue weighted by molar-refractivity contribution is 0.0992. The van der Waals surface area contributed by atoms with Crippen molar-refractivity contribution in [3.05, 3.63) is 47.5 Å². The van der Waals surface area contributed by atoms with Gasteiger partial charge in [-0.15, -0.1) is 0 Å². The summed E-state index contributed by atoms with van der Waals surface area (Å²) in [4.78, 5) is 22.8. The number of amides is 2. The Kier molecular flexibility index (Phi) is 5.10. The van der Waals surface area contributed by atoms with E-state index in [9.17, 15) is 9.59 Å². The van der Waals surface area contributed by atoms with Gasteiger partial charge < -0.3 is 33.6 Å². The number of nitrogen functional groups attached to an aromatic ring is 2. The highest BCUT2D eigenvalue weighted by Gasteiger charge is 2.09. The zero-order valence-corrected chi connectivity index (χ0v) is 13.0. The van der Waals surface area contributed by atoms with Crippen LogP contribution in [0.3, 0.4) is 0 Å². The summed E-state index contributed by atoms with van der Waals surface area (Å²) < 4.78 is 0. The number of benzene rings is 2. The summed E-state index contributed by atoms with van der Waals surface area (Å²) in [7, 11) is 0. The van der Waals surface area contributed by atoms with Gasteiger partial charge in [-0.1, -0.05) is 0 Å². The Bertz CT molecular complexity index is 710. The number of anilines is 4. The number of nitrogens with two attached hydrogens (primary N) is 4. The number of rotatable bonds is 7. The maximum Gasteiger partial charge on any atom is 0.250 e. The fourth-order valence-electron chi connectivity index (χ4n) is 2.24. The highest BCUT2D eigenvalue weighted by Crippen LogP contribution is 2.20. The number of primary amides is 2. The van der Waals surface area contributed by atoms with E-state index in [1.165, 1.54) is 0 Å². The second kappa shape index (κ2) is 7.23. The maximum absolute atomic E-state index is 11.4. The quantitative estimate of drug-likeness (QED) is 0.321. The Balaban J connectivity index is 2.02. The second-order valence-corrected chi connectivity index (χ2v) is 5.19. The molecular formula is C16H20N6O2. The monoisotopic (exact) mass is 328 g/mol. The molecule has 10 N–H and O–H groups in total. The fourth-order valence-corrected chi connectivity index (χ4v) is 2.24. The number of carbonyl (C=O) groups is 2. The van der Waals surface area contributed by atoms with Gasteiger partial charge in [0.05, 0.1) is 11.1 Å². The smallest absolute Gasteiger partial charge is 0.250 e. The van der Waals surface area contributed by atoms with Gasteiger partial charge in [-0.25, -0.2) is 0 Å². The molecule has 0 bridgehead atoms. The van der Waals surface area contributed by atoms with Crippen molar-refractivity contribution in [2.75, 3.05) is 35.2 Å². The second-order valence-electron chi connectivity index (χ2n) is 5.19. The Hall–Kier alpha value is -3.42. The Morgan fingerprint density at radius 2 is 1.12 bits per heavy atom. The molecule has 8 nitrogen and oxygen atoms in total. The first kappa shape index (κ1) is 16.9. The molecule has 0 heterocycles. The van der Waals surface area contributed by atoms with E-state index < -0.39 is 11.8 Å². The highest BCUT2D eigenvalue weighted by atomic mass is 16.1. The van der Waals surface area contributed by atoms with Gasteiger partial charge in [-0.3, -0.25) is 9.59 Å². The first-order valence-electron chi connectivity index (χ1n) is 7.25. The van der Waals surface area contributed by atoms with Crippen LogP contribution in [0.1, 0.15) is 20.7 Å². The van der Waals surface area contributed by atoms with Crippen molar-refractivity contribution in [3.63, 3.8) is 0 Å². The predicted octanol–water partition coefficient (Wildman–Crippen LogP) is 0.573. The molecule has 2 amide bonds. The number of carbonyl (C=O) groups excluding carboxylic acids is 2. The van der Waals surface area contributed by atoms with Crippen LogP contribution in [0.25, 0.3) is 0 Å². The molecule has 0 atom stereocenters. The maximum atomic E-state index is 11.4. The average Bonchev–Trinajstić information content (AvgIpc) is 2.51. The third kappa shape index (κ3) is 4.07. The van der Waals surface area contributed by atoms with Crippen LogP contribution in [0.4, 0.5) is 22.7 Å². The Morgan fingerprint density at radius 1 is 0.750 bits per heavy atom. The van der Waals surface area contributed by atoms with Crippen LogP contribution in [0.15, 0.2) is 36.4 Å². The van der Waals surface area contributed by atoms with E-state index in [2.05, 4.69) is 10.6 Å². The summed E-state index contributed by atoms with van der Waals surface area (Å²) in [5.41, 5.74) is 24.9. The Labute approximate surface area is 139 Å². The van der Waals surface area contributed by atoms with Gasteiger partial charge in [0.25, 0.3) is 11.8 Å². The number of nitrogens with one attached hydrogen (secondary N) is 2. The van der Waals surface area contributed by atoms with Crippen molar-refractivity contribution in [1.29, 1.82) is 0 Å². The molecule has 2 aromatic rings. The topological polar surface area (TPSA) is 162 Å². The van der Waals surface area contributed by atoms with Crippen molar-refractivity contribution >= 4 is 34.6 Å². The van der Waals surface area contributed by atoms with E-state index in [-0.39, 0.29) is 0 Å². The molecule has 0 saturated heterocycles. The molecule has 0 radical (unpaired) electrons. The van der Waals surface area contributed by atoms with E-state index in [0.717, 1.165) is 0 Å². The molecule has 24 heavy (non-hydrogen) atoms. The van der Waals surface area contributed by atoms with Crippen molar-refractivity contribution < 1.29 is 9.59 Å². The molecular weight excluding hydrogens is 308 g/mol. The average molecular weight is 328 g/mol. The minimum absolute atomic E-state index is 0.353. The van der Waals surface area contributed by atoms with Crippen LogP contribution in [-0.2, 0) is 0 Å². The van der Waals surface area contributed by atoms with Crippen molar-refractivity contribution in [3.8, 4) is 0 Å². The van der Waals surface area contributed by atoms with Crippen molar-refractivity contribution in [2.45, 2.75) is 0 Å². The highest BCUT2D eigenvalue weighted by molar-refractivity contribution is 5.99. The van der Waals surface area contributed by atoms with Gasteiger partial charge >= 0.3 is 0 Å². The Morgan fingerprint density at radius 3 is 1.46 bits per heavy atom. The third-order valence-corrected chi connectivity index (χ3v) is 3.37. The number of hydrogen-bond acceptors (Lipinski definition) is 6. The first-order chi connectivity index (χ1) is 11.4. The molecule has 0 aliphatic carbocycles. The lowest BCUT2D eigenvalue weighted by atomic mass is 10.1.